The van der Waals surface area contributed by atoms with E-state index >= 15 is 0 Å². The Kier molecular flexibility index (Phi) is 5.16. The summed E-state index contributed by atoms with van der Waals surface area (Å²) >= 11 is 0. The van der Waals surface area contributed by atoms with E-state index in [4.69, 9.17) is 5.11 Å². The van der Waals surface area contributed by atoms with Crippen molar-refractivity contribution in [1.82, 2.24) is 4.90 Å². The van der Waals surface area contributed by atoms with E-state index in [1.54, 1.807) is 12.1 Å². The maximum absolute atomic E-state index is 11.1. The van der Waals surface area contributed by atoms with Crippen LogP contribution in [0, 0.1) is 0 Å². The van der Waals surface area contributed by atoms with Gasteiger partial charge in [0.1, 0.15) is 0 Å². The van der Waals surface area contributed by atoms with Gasteiger partial charge in [0, 0.05) is 12.6 Å². The monoisotopic (exact) mass is 235 g/mol. The number of aromatic carboxylic acids is 1. The van der Waals surface area contributed by atoms with Crippen LogP contribution in [0.1, 0.15) is 42.6 Å². The third-order valence-corrected chi connectivity index (χ3v) is 3.13. The lowest BCUT2D eigenvalue weighted by Crippen LogP contribution is -2.29. The van der Waals surface area contributed by atoms with Gasteiger partial charge < -0.3 is 5.11 Å². The Bertz CT molecular complexity index is 376. The predicted octanol–water partition coefficient (Wildman–Crippen LogP) is 3.01. The van der Waals surface area contributed by atoms with E-state index in [0.717, 1.165) is 18.4 Å². The van der Waals surface area contributed by atoms with Crippen molar-refractivity contribution in [2.75, 3.05) is 7.05 Å². The van der Waals surface area contributed by atoms with Crippen molar-refractivity contribution < 1.29 is 9.90 Å². The molecule has 0 aromatic heterocycles. The first-order valence-corrected chi connectivity index (χ1v) is 6.07. The third-order valence-electron chi connectivity index (χ3n) is 3.13. The third kappa shape index (κ3) is 3.86. The molecule has 17 heavy (non-hydrogen) atoms. The van der Waals surface area contributed by atoms with Gasteiger partial charge in [0.25, 0.3) is 0 Å². The van der Waals surface area contributed by atoms with Crippen molar-refractivity contribution >= 4 is 5.97 Å². The summed E-state index contributed by atoms with van der Waals surface area (Å²) in [5, 5.41) is 9.10. The highest BCUT2D eigenvalue weighted by Gasteiger charge is 2.13. The van der Waals surface area contributed by atoms with Crippen LogP contribution in [0.4, 0.5) is 0 Å². The molecule has 94 valence electrons. The molecule has 0 saturated heterocycles. The van der Waals surface area contributed by atoms with Gasteiger partial charge in [-0.3, -0.25) is 4.90 Å². The van der Waals surface area contributed by atoms with Crippen LogP contribution in [0.15, 0.2) is 24.3 Å². The molecular formula is C14H21NO2. The molecule has 0 aliphatic carbocycles. The van der Waals surface area contributed by atoms with Crippen molar-refractivity contribution in [1.29, 1.82) is 0 Å². The van der Waals surface area contributed by atoms with Gasteiger partial charge in [0.15, 0.2) is 0 Å². The molecular weight excluding hydrogens is 214 g/mol. The fourth-order valence-corrected chi connectivity index (χ4v) is 1.93. The summed E-state index contributed by atoms with van der Waals surface area (Å²) in [5.41, 5.74) is 1.29. The molecule has 0 bridgehead atoms. The summed E-state index contributed by atoms with van der Waals surface area (Å²) in [6.45, 7) is 5.02. The van der Waals surface area contributed by atoms with Gasteiger partial charge in [0.05, 0.1) is 5.56 Å². The highest BCUT2D eigenvalue weighted by Crippen LogP contribution is 2.14. The van der Waals surface area contributed by atoms with Crippen molar-refractivity contribution in [3.05, 3.63) is 35.4 Å². The van der Waals surface area contributed by atoms with Crippen LogP contribution in [0.3, 0.4) is 0 Å². The van der Waals surface area contributed by atoms with E-state index in [2.05, 4.69) is 18.7 Å². The standard InChI is InChI=1S/C14H21NO2/c1-4-7-11(2)15(3)10-12-8-5-6-9-13(12)14(16)17/h5-6,8-9,11H,4,7,10H2,1-3H3,(H,16,17). The number of carboxylic acid groups (broad SMARTS) is 1. The Morgan fingerprint density at radius 1 is 1.41 bits per heavy atom. The van der Waals surface area contributed by atoms with E-state index in [-0.39, 0.29) is 0 Å². The van der Waals surface area contributed by atoms with Crippen LogP contribution in [0.2, 0.25) is 0 Å². The molecule has 1 N–H and O–H groups in total. The lowest BCUT2D eigenvalue weighted by molar-refractivity contribution is 0.0694. The van der Waals surface area contributed by atoms with Crippen LogP contribution in [0.25, 0.3) is 0 Å². The number of carboxylic acids is 1. The number of nitrogens with zero attached hydrogens (tertiary/aromatic N) is 1. The number of hydrogen-bond acceptors (Lipinski definition) is 2. The van der Waals surface area contributed by atoms with Gasteiger partial charge in [-0.15, -0.1) is 0 Å². The molecule has 0 saturated carbocycles. The van der Waals surface area contributed by atoms with Crippen LogP contribution in [-0.2, 0) is 6.54 Å². The summed E-state index contributed by atoms with van der Waals surface area (Å²) in [5.74, 6) is -0.850. The summed E-state index contributed by atoms with van der Waals surface area (Å²) < 4.78 is 0. The quantitative estimate of drug-likeness (QED) is 0.824. The Balaban J connectivity index is 2.77. The average molecular weight is 235 g/mol. The molecule has 1 unspecified atom stereocenters. The minimum Gasteiger partial charge on any atom is -0.478 e. The number of rotatable bonds is 6. The normalized spacial score (nSPS) is 12.7. The first-order valence-electron chi connectivity index (χ1n) is 6.07. The second-order valence-corrected chi connectivity index (χ2v) is 4.52. The molecule has 0 heterocycles. The number of carbonyl (C=O) groups is 1. The van der Waals surface area contributed by atoms with Gasteiger partial charge in [-0.2, -0.15) is 0 Å². The SMILES string of the molecule is CCCC(C)N(C)Cc1ccccc1C(=O)O. The Morgan fingerprint density at radius 3 is 2.65 bits per heavy atom. The first-order chi connectivity index (χ1) is 8.06. The molecule has 3 heteroatoms. The molecule has 0 aliphatic rings. The summed E-state index contributed by atoms with van der Waals surface area (Å²) in [7, 11) is 2.04. The molecule has 3 nitrogen and oxygen atoms in total. The largest absolute Gasteiger partial charge is 0.478 e. The summed E-state index contributed by atoms with van der Waals surface area (Å²) in [6.07, 6.45) is 2.28. The second kappa shape index (κ2) is 6.40. The fourth-order valence-electron chi connectivity index (χ4n) is 1.93. The predicted molar refractivity (Wildman–Crippen MR) is 69.2 cm³/mol. The fraction of sp³-hybridized carbons (Fsp3) is 0.500. The highest BCUT2D eigenvalue weighted by atomic mass is 16.4. The molecule has 0 spiro atoms. The van der Waals surface area contributed by atoms with Crippen LogP contribution in [-0.4, -0.2) is 29.1 Å². The van der Waals surface area contributed by atoms with E-state index in [1.165, 1.54) is 0 Å². The zero-order valence-corrected chi connectivity index (χ0v) is 10.8. The topological polar surface area (TPSA) is 40.5 Å². The molecule has 1 aromatic carbocycles. The van der Waals surface area contributed by atoms with Crippen molar-refractivity contribution in [3.8, 4) is 0 Å². The molecule has 0 radical (unpaired) electrons. The lowest BCUT2D eigenvalue weighted by Gasteiger charge is -2.24. The van der Waals surface area contributed by atoms with Gasteiger partial charge in [-0.25, -0.2) is 4.79 Å². The molecule has 1 atom stereocenters. The summed E-state index contributed by atoms with van der Waals surface area (Å²) in [4.78, 5) is 13.3. The highest BCUT2D eigenvalue weighted by molar-refractivity contribution is 5.89. The maximum atomic E-state index is 11.1. The van der Waals surface area contributed by atoms with Gasteiger partial charge in [0.2, 0.25) is 0 Å². The Morgan fingerprint density at radius 2 is 2.06 bits per heavy atom. The zero-order valence-electron chi connectivity index (χ0n) is 10.8. The van der Waals surface area contributed by atoms with Crippen LogP contribution < -0.4 is 0 Å². The zero-order chi connectivity index (χ0) is 12.8. The van der Waals surface area contributed by atoms with Gasteiger partial charge in [-0.1, -0.05) is 31.5 Å². The van der Waals surface area contributed by atoms with E-state index in [1.807, 2.05) is 19.2 Å². The minimum absolute atomic E-state index is 0.406. The minimum atomic E-state index is -0.850. The first kappa shape index (κ1) is 13.7. The second-order valence-electron chi connectivity index (χ2n) is 4.52. The van der Waals surface area contributed by atoms with Crippen molar-refractivity contribution in [2.45, 2.75) is 39.3 Å². The molecule has 0 amide bonds. The molecule has 1 rings (SSSR count). The van der Waals surface area contributed by atoms with E-state index in [0.29, 0.717) is 18.2 Å². The van der Waals surface area contributed by atoms with E-state index in [9.17, 15) is 4.79 Å². The Labute approximate surface area is 103 Å². The van der Waals surface area contributed by atoms with Crippen LogP contribution >= 0.6 is 0 Å². The smallest absolute Gasteiger partial charge is 0.336 e. The van der Waals surface area contributed by atoms with Crippen LogP contribution in [0.5, 0.6) is 0 Å². The van der Waals surface area contributed by atoms with Gasteiger partial charge >= 0.3 is 5.97 Å². The molecule has 1 aromatic rings. The van der Waals surface area contributed by atoms with Crippen molar-refractivity contribution in [2.24, 2.45) is 0 Å². The van der Waals surface area contributed by atoms with Gasteiger partial charge in [-0.05, 0) is 32.0 Å². The lowest BCUT2D eigenvalue weighted by atomic mass is 10.1. The average Bonchev–Trinajstić information content (AvgIpc) is 2.29. The van der Waals surface area contributed by atoms with E-state index < -0.39 is 5.97 Å². The molecule has 0 fully saturated rings. The molecule has 0 aliphatic heterocycles. The number of hydrogen-bond donors (Lipinski definition) is 1. The number of benzene rings is 1. The summed E-state index contributed by atoms with van der Waals surface area (Å²) in [6, 6.07) is 7.68. The van der Waals surface area contributed by atoms with Crippen molar-refractivity contribution in [3.63, 3.8) is 0 Å². The maximum Gasteiger partial charge on any atom is 0.336 e. The Hall–Kier alpha value is -1.35.